The van der Waals surface area contributed by atoms with Gasteiger partial charge in [0, 0.05) is 38.8 Å². The van der Waals surface area contributed by atoms with E-state index >= 15 is 0 Å². The van der Waals surface area contributed by atoms with Crippen LogP contribution in [0.5, 0.6) is 0 Å². The summed E-state index contributed by atoms with van der Waals surface area (Å²) in [6.07, 6.45) is 3.05. The highest BCUT2D eigenvalue weighted by Crippen LogP contribution is 2.34. The Kier molecular flexibility index (Phi) is 7.64. The zero-order chi connectivity index (χ0) is 25.1. The summed E-state index contributed by atoms with van der Waals surface area (Å²) in [7, 11) is -7.83. The SMILES string of the molecule is CC(=O)Nc1ccc(S(=O)(=O)Nc2cc(S(=O)(=O)N3CCOCC3)ccc2N2CCCCC2)cc1. The Hall–Kier alpha value is -2.67. The molecule has 0 bridgehead atoms. The first kappa shape index (κ1) is 25.4. The van der Waals surface area contributed by atoms with E-state index in [1.165, 1.54) is 47.6 Å². The molecule has 1 amide bonds. The summed E-state index contributed by atoms with van der Waals surface area (Å²) in [4.78, 5) is 13.3. The smallest absolute Gasteiger partial charge is 0.261 e. The van der Waals surface area contributed by atoms with Crippen molar-refractivity contribution in [3.8, 4) is 0 Å². The Labute approximate surface area is 206 Å². The molecule has 12 heteroatoms. The second-order valence-electron chi connectivity index (χ2n) is 8.55. The van der Waals surface area contributed by atoms with Crippen molar-refractivity contribution in [3.05, 3.63) is 42.5 Å². The van der Waals surface area contributed by atoms with E-state index in [2.05, 4.69) is 14.9 Å². The van der Waals surface area contributed by atoms with Gasteiger partial charge in [-0.25, -0.2) is 16.8 Å². The normalized spacial score (nSPS) is 17.7. The van der Waals surface area contributed by atoms with Crippen molar-refractivity contribution in [2.24, 2.45) is 0 Å². The molecule has 2 aromatic carbocycles. The van der Waals surface area contributed by atoms with Crippen molar-refractivity contribution in [1.29, 1.82) is 0 Å². The Bertz CT molecular complexity index is 1270. The fraction of sp³-hybridized carbons (Fsp3) is 0.435. The van der Waals surface area contributed by atoms with E-state index in [1.807, 2.05) is 0 Å². The van der Waals surface area contributed by atoms with Gasteiger partial charge in [-0.15, -0.1) is 0 Å². The molecule has 0 saturated carbocycles. The second-order valence-corrected chi connectivity index (χ2v) is 12.2. The minimum atomic E-state index is -4.02. The van der Waals surface area contributed by atoms with E-state index < -0.39 is 20.0 Å². The lowest BCUT2D eigenvalue weighted by molar-refractivity contribution is -0.114. The molecule has 10 nitrogen and oxygen atoms in total. The number of hydrogen-bond donors (Lipinski definition) is 2. The zero-order valence-corrected chi connectivity index (χ0v) is 21.2. The number of ether oxygens (including phenoxy) is 1. The lowest BCUT2D eigenvalue weighted by atomic mass is 10.1. The van der Waals surface area contributed by atoms with Crippen LogP contribution in [0.3, 0.4) is 0 Å². The molecule has 35 heavy (non-hydrogen) atoms. The van der Waals surface area contributed by atoms with Gasteiger partial charge >= 0.3 is 0 Å². The Morgan fingerprint density at radius 2 is 1.49 bits per heavy atom. The Morgan fingerprint density at radius 1 is 0.857 bits per heavy atom. The maximum atomic E-state index is 13.2. The maximum absolute atomic E-state index is 13.2. The molecule has 0 atom stereocenters. The fourth-order valence-electron chi connectivity index (χ4n) is 4.23. The molecule has 0 unspecified atom stereocenters. The molecule has 2 saturated heterocycles. The summed E-state index contributed by atoms with van der Waals surface area (Å²) in [6.45, 7) is 4.02. The lowest BCUT2D eigenvalue weighted by Gasteiger charge is -2.31. The van der Waals surface area contributed by atoms with Crippen molar-refractivity contribution in [1.82, 2.24) is 4.31 Å². The molecule has 0 aliphatic carbocycles. The first-order valence-corrected chi connectivity index (χ1v) is 14.5. The fourth-order valence-corrected chi connectivity index (χ4v) is 6.73. The van der Waals surface area contributed by atoms with Gasteiger partial charge in [0.05, 0.1) is 34.4 Å². The van der Waals surface area contributed by atoms with Crippen LogP contribution in [0.1, 0.15) is 26.2 Å². The third kappa shape index (κ3) is 5.95. The quantitative estimate of drug-likeness (QED) is 0.572. The lowest BCUT2D eigenvalue weighted by Crippen LogP contribution is -2.40. The molecule has 4 rings (SSSR count). The molecular weight excluding hydrogens is 492 g/mol. The molecule has 2 heterocycles. The van der Waals surface area contributed by atoms with E-state index in [4.69, 9.17) is 4.74 Å². The standard InChI is InChI=1S/C23H30N4O6S2/c1-18(28)24-19-5-7-20(8-6-19)34(29,30)25-22-17-21(35(31,32)27-13-15-33-16-14-27)9-10-23(22)26-11-3-2-4-12-26/h5-10,17,25H,2-4,11-16H2,1H3,(H,24,28). The predicted octanol–water partition coefficient (Wildman–Crippen LogP) is 2.46. The van der Waals surface area contributed by atoms with Crippen LogP contribution in [-0.4, -0.2) is 66.4 Å². The maximum Gasteiger partial charge on any atom is 0.261 e. The minimum Gasteiger partial charge on any atom is -0.379 e. The van der Waals surface area contributed by atoms with Crippen molar-refractivity contribution in [2.75, 3.05) is 54.3 Å². The van der Waals surface area contributed by atoms with Gasteiger partial charge in [-0.3, -0.25) is 9.52 Å². The third-order valence-electron chi connectivity index (χ3n) is 6.00. The van der Waals surface area contributed by atoms with Gasteiger partial charge in [-0.1, -0.05) is 0 Å². The molecule has 2 N–H and O–H groups in total. The van der Waals surface area contributed by atoms with Crippen LogP contribution in [0, 0.1) is 0 Å². The molecular formula is C23H30N4O6S2. The van der Waals surface area contributed by atoms with Crippen LogP contribution in [0.4, 0.5) is 17.1 Å². The number of morpholine rings is 1. The zero-order valence-electron chi connectivity index (χ0n) is 19.6. The number of rotatable bonds is 7. The molecule has 0 spiro atoms. The predicted molar refractivity (Wildman–Crippen MR) is 134 cm³/mol. The van der Waals surface area contributed by atoms with Gasteiger partial charge in [0.1, 0.15) is 0 Å². The highest BCUT2D eigenvalue weighted by atomic mass is 32.2. The average molecular weight is 523 g/mol. The van der Waals surface area contributed by atoms with Gasteiger partial charge in [-0.05, 0) is 61.7 Å². The summed E-state index contributed by atoms with van der Waals surface area (Å²) in [5, 5.41) is 2.60. The second kappa shape index (κ2) is 10.5. The molecule has 2 aromatic rings. The van der Waals surface area contributed by atoms with E-state index in [1.54, 1.807) is 6.07 Å². The van der Waals surface area contributed by atoms with Crippen molar-refractivity contribution >= 4 is 43.0 Å². The number of carbonyl (C=O) groups is 1. The summed E-state index contributed by atoms with van der Waals surface area (Å²) in [5.41, 5.74) is 1.33. The number of anilines is 3. The van der Waals surface area contributed by atoms with Gasteiger partial charge in [0.15, 0.2) is 0 Å². The molecule has 190 valence electrons. The topological polar surface area (TPSA) is 125 Å². The van der Waals surface area contributed by atoms with Gasteiger partial charge in [0.25, 0.3) is 10.0 Å². The van der Waals surface area contributed by atoms with Crippen LogP contribution >= 0.6 is 0 Å². The highest BCUT2D eigenvalue weighted by molar-refractivity contribution is 7.92. The van der Waals surface area contributed by atoms with Crippen LogP contribution in [0.2, 0.25) is 0 Å². The summed E-state index contributed by atoms with van der Waals surface area (Å²) in [6, 6.07) is 10.4. The number of piperidine rings is 1. The van der Waals surface area contributed by atoms with E-state index in [9.17, 15) is 21.6 Å². The molecule has 2 aliphatic heterocycles. The number of amides is 1. The number of nitrogens with zero attached hydrogens (tertiary/aromatic N) is 2. The molecule has 2 fully saturated rings. The minimum absolute atomic E-state index is 0.00219. The first-order chi connectivity index (χ1) is 16.7. The largest absolute Gasteiger partial charge is 0.379 e. The van der Waals surface area contributed by atoms with Crippen LogP contribution < -0.4 is 14.9 Å². The van der Waals surface area contributed by atoms with Crippen LogP contribution in [-0.2, 0) is 29.6 Å². The van der Waals surface area contributed by atoms with E-state index in [0.717, 1.165) is 32.4 Å². The van der Waals surface area contributed by atoms with Crippen molar-refractivity contribution in [2.45, 2.75) is 36.0 Å². The number of hydrogen-bond acceptors (Lipinski definition) is 7. The Balaban J connectivity index is 1.68. The van der Waals surface area contributed by atoms with Crippen LogP contribution in [0.25, 0.3) is 0 Å². The van der Waals surface area contributed by atoms with Gasteiger partial charge < -0.3 is 15.0 Å². The number of nitrogens with one attached hydrogen (secondary N) is 2. The molecule has 2 aliphatic rings. The Morgan fingerprint density at radius 3 is 2.11 bits per heavy atom. The summed E-state index contributed by atoms with van der Waals surface area (Å²) in [5.74, 6) is -0.261. The monoisotopic (exact) mass is 522 g/mol. The van der Waals surface area contributed by atoms with Crippen molar-refractivity contribution < 1.29 is 26.4 Å². The van der Waals surface area contributed by atoms with Crippen LogP contribution in [0.15, 0.2) is 52.3 Å². The van der Waals surface area contributed by atoms with E-state index in [-0.39, 0.29) is 34.5 Å². The van der Waals surface area contributed by atoms with Gasteiger partial charge in [0.2, 0.25) is 15.9 Å². The summed E-state index contributed by atoms with van der Waals surface area (Å²) < 4.78 is 62.2. The third-order valence-corrected chi connectivity index (χ3v) is 9.28. The van der Waals surface area contributed by atoms with Crippen molar-refractivity contribution in [3.63, 3.8) is 0 Å². The first-order valence-electron chi connectivity index (χ1n) is 11.5. The molecule has 0 aromatic heterocycles. The van der Waals surface area contributed by atoms with E-state index in [0.29, 0.717) is 24.6 Å². The average Bonchev–Trinajstić information content (AvgIpc) is 2.85. The number of carbonyl (C=O) groups excluding carboxylic acids is 1. The molecule has 0 radical (unpaired) electrons. The number of sulfonamides is 2. The number of benzene rings is 2. The highest BCUT2D eigenvalue weighted by Gasteiger charge is 2.28. The summed E-state index contributed by atoms with van der Waals surface area (Å²) >= 11 is 0. The van der Waals surface area contributed by atoms with Gasteiger partial charge in [-0.2, -0.15) is 4.31 Å².